The minimum absolute atomic E-state index is 0.0562. The maximum absolute atomic E-state index is 13.4. The number of sulfonamides is 1. The van der Waals surface area contributed by atoms with Crippen molar-refractivity contribution in [3.8, 4) is 0 Å². The van der Waals surface area contributed by atoms with E-state index < -0.39 is 34.0 Å². The van der Waals surface area contributed by atoms with E-state index in [0.717, 1.165) is 15.4 Å². The maximum atomic E-state index is 13.4. The van der Waals surface area contributed by atoms with Crippen LogP contribution in [0.1, 0.15) is 31.9 Å². The van der Waals surface area contributed by atoms with E-state index in [1.807, 2.05) is 37.3 Å². The molecule has 0 aliphatic carbocycles. The van der Waals surface area contributed by atoms with Gasteiger partial charge in [0, 0.05) is 6.54 Å². The van der Waals surface area contributed by atoms with Gasteiger partial charge in [0.2, 0.25) is 15.9 Å². The average molecular weight is 473 g/mol. The summed E-state index contributed by atoms with van der Waals surface area (Å²) >= 11 is 0. The summed E-state index contributed by atoms with van der Waals surface area (Å²) in [6, 6.07) is 13.6. The predicted molar refractivity (Wildman–Crippen MR) is 128 cm³/mol. The first-order valence-corrected chi connectivity index (χ1v) is 12.2. The molecule has 2 aromatic rings. The lowest BCUT2D eigenvalue weighted by Crippen LogP contribution is -2.55. The Labute approximate surface area is 196 Å². The van der Waals surface area contributed by atoms with Gasteiger partial charge in [-0.2, -0.15) is 4.31 Å². The van der Waals surface area contributed by atoms with Gasteiger partial charge in [0.25, 0.3) is 0 Å². The number of hydrogen-bond acceptors (Lipinski definition) is 5. The van der Waals surface area contributed by atoms with Crippen molar-refractivity contribution in [3.05, 3.63) is 78.4 Å². The zero-order valence-corrected chi connectivity index (χ0v) is 20.3. The fourth-order valence-electron chi connectivity index (χ4n) is 3.31. The number of amides is 1. The van der Waals surface area contributed by atoms with Crippen LogP contribution in [0.2, 0.25) is 0 Å². The van der Waals surface area contributed by atoms with Crippen molar-refractivity contribution < 1.29 is 22.7 Å². The van der Waals surface area contributed by atoms with E-state index in [2.05, 4.69) is 11.9 Å². The van der Waals surface area contributed by atoms with Gasteiger partial charge in [-0.15, -0.1) is 6.58 Å². The number of carbonyl (C=O) groups excluding carboxylic acids is 2. The summed E-state index contributed by atoms with van der Waals surface area (Å²) in [4.78, 5) is 25.7. The summed E-state index contributed by atoms with van der Waals surface area (Å²) in [5.74, 6) is -1.55. The van der Waals surface area contributed by atoms with Gasteiger partial charge in [-0.1, -0.05) is 68.0 Å². The van der Waals surface area contributed by atoms with E-state index in [1.54, 1.807) is 26.0 Å². The summed E-state index contributed by atoms with van der Waals surface area (Å²) in [5, 5.41) is 2.62. The van der Waals surface area contributed by atoms with Gasteiger partial charge in [0.1, 0.15) is 18.7 Å². The second-order valence-corrected chi connectivity index (χ2v) is 10.1. The van der Waals surface area contributed by atoms with E-state index in [1.165, 1.54) is 25.1 Å². The van der Waals surface area contributed by atoms with Crippen molar-refractivity contribution in [1.82, 2.24) is 9.62 Å². The number of nitrogens with one attached hydrogen (secondary N) is 1. The molecule has 0 spiro atoms. The minimum atomic E-state index is -3.99. The van der Waals surface area contributed by atoms with Crippen molar-refractivity contribution >= 4 is 21.9 Å². The van der Waals surface area contributed by atoms with Crippen molar-refractivity contribution in [1.29, 1.82) is 0 Å². The standard InChI is InChI=1S/C25H32N2O5S/c1-6-16-27(33(30,31)22-14-12-19(4)13-15-22)23(18(2)3)24(28)26-20(5)25(29)32-17-21-10-8-7-9-11-21/h6-15,18,20,23H,1,16-17H2,2-5H3,(H,26,28)/t20-,23-/m0/s1. The fraction of sp³-hybridized carbons (Fsp3) is 0.360. The number of rotatable bonds is 11. The van der Waals surface area contributed by atoms with Crippen LogP contribution in [0, 0.1) is 12.8 Å². The topological polar surface area (TPSA) is 92.8 Å². The molecule has 0 aliphatic heterocycles. The Balaban J connectivity index is 2.19. The van der Waals surface area contributed by atoms with Crippen LogP contribution in [0.25, 0.3) is 0 Å². The van der Waals surface area contributed by atoms with Crippen LogP contribution in [0.4, 0.5) is 0 Å². The molecule has 0 saturated carbocycles. The highest BCUT2D eigenvalue weighted by Crippen LogP contribution is 2.23. The SMILES string of the molecule is C=CCN([C@H](C(=O)N[C@@H](C)C(=O)OCc1ccccc1)C(C)C)S(=O)(=O)c1ccc(C)cc1. The number of hydrogen-bond donors (Lipinski definition) is 1. The van der Waals surface area contributed by atoms with Gasteiger partial charge in [0.05, 0.1) is 4.90 Å². The Hall–Kier alpha value is -2.97. The van der Waals surface area contributed by atoms with Crippen molar-refractivity contribution in [2.75, 3.05) is 6.54 Å². The molecule has 178 valence electrons. The third kappa shape index (κ3) is 7.00. The molecule has 33 heavy (non-hydrogen) atoms. The zero-order valence-electron chi connectivity index (χ0n) is 19.5. The van der Waals surface area contributed by atoms with Crippen LogP contribution in [0.5, 0.6) is 0 Å². The fourth-order valence-corrected chi connectivity index (χ4v) is 5.00. The number of aryl methyl sites for hydroxylation is 1. The Morgan fingerprint density at radius 2 is 1.67 bits per heavy atom. The van der Waals surface area contributed by atoms with Gasteiger partial charge in [-0.3, -0.25) is 4.79 Å². The summed E-state index contributed by atoms with van der Waals surface area (Å²) in [6.45, 7) is 10.6. The molecule has 0 heterocycles. The first-order valence-electron chi connectivity index (χ1n) is 10.8. The van der Waals surface area contributed by atoms with Crippen molar-refractivity contribution in [2.24, 2.45) is 5.92 Å². The lowest BCUT2D eigenvalue weighted by molar-refractivity contribution is -0.149. The molecule has 0 radical (unpaired) electrons. The quantitative estimate of drug-likeness (QED) is 0.399. The number of carbonyl (C=O) groups is 2. The highest BCUT2D eigenvalue weighted by Gasteiger charge is 2.38. The number of benzene rings is 2. The molecule has 1 amide bonds. The molecule has 1 N–H and O–H groups in total. The van der Waals surface area contributed by atoms with Crippen LogP contribution in [-0.2, 0) is 31.0 Å². The predicted octanol–water partition coefficient (Wildman–Crippen LogP) is 3.44. The normalized spacial score (nSPS) is 13.4. The van der Waals surface area contributed by atoms with Crippen LogP contribution >= 0.6 is 0 Å². The lowest BCUT2D eigenvalue weighted by Gasteiger charge is -2.32. The lowest BCUT2D eigenvalue weighted by atomic mass is 10.0. The molecule has 7 nitrogen and oxygen atoms in total. The first kappa shape index (κ1) is 26.3. The van der Waals surface area contributed by atoms with Crippen LogP contribution in [0.15, 0.2) is 72.1 Å². The molecule has 0 unspecified atom stereocenters. The summed E-state index contributed by atoms with van der Waals surface area (Å²) < 4.78 is 33.1. The van der Waals surface area contributed by atoms with Crippen LogP contribution in [-0.4, -0.2) is 43.2 Å². The van der Waals surface area contributed by atoms with Crippen LogP contribution < -0.4 is 5.32 Å². The minimum Gasteiger partial charge on any atom is -0.459 e. The van der Waals surface area contributed by atoms with E-state index in [0.29, 0.717) is 0 Å². The Bertz CT molecular complexity index is 1050. The van der Waals surface area contributed by atoms with E-state index >= 15 is 0 Å². The Morgan fingerprint density at radius 3 is 2.21 bits per heavy atom. The summed E-state index contributed by atoms with van der Waals surface area (Å²) in [7, 11) is -3.99. The number of ether oxygens (including phenoxy) is 1. The molecule has 0 aliphatic rings. The van der Waals surface area contributed by atoms with Gasteiger partial charge >= 0.3 is 5.97 Å². The van der Waals surface area contributed by atoms with Crippen LogP contribution in [0.3, 0.4) is 0 Å². The monoisotopic (exact) mass is 472 g/mol. The molecule has 0 fully saturated rings. The van der Waals surface area contributed by atoms with Gasteiger partial charge < -0.3 is 10.1 Å². The smallest absolute Gasteiger partial charge is 0.328 e. The Morgan fingerprint density at radius 1 is 1.06 bits per heavy atom. The summed E-state index contributed by atoms with van der Waals surface area (Å²) in [6.07, 6.45) is 1.44. The number of esters is 1. The molecule has 8 heteroatoms. The molecule has 0 bridgehead atoms. The largest absolute Gasteiger partial charge is 0.459 e. The van der Waals surface area contributed by atoms with E-state index in [4.69, 9.17) is 4.74 Å². The highest BCUT2D eigenvalue weighted by atomic mass is 32.2. The van der Waals surface area contributed by atoms with Gasteiger partial charge in [-0.25, -0.2) is 13.2 Å². The van der Waals surface area contributed by atoms with E-state index in [9.17, 15) is 18.0 Å². The second kappa shape index (κ2) is 11.8. The molecule has 0 aromatic heterocycles. The van der Waals surface area contributed by atoms with Crippen molar-refractivity contribution in [2.45, 2.75) is 51.3 Å². The van der Waals surface area contributed by atoms with Gasteiger partial charge in [0.15, 0.2) is 0 Å². The van der Waals surface area contributed by atoms with E-state index in [-0.39, 0.29) is 24.0 Å². The molecule has 2 rings (SSSR count). The average Bonchev–Trinajstić information content (AvgIpc) is 2.77. The Kier molecular flexibility index (Phi) is 9.37. The molecular weight excluding hydrogens is 440 g/mol. The van der Waals surface area contributed by atoms with Crippen molar-refractivity contribution in [3.63, 3.8) is 0 Å². The molecular formula is C25H32N2O5S. The third-order valence-corrected chi connectivity index (χ3v) is 6.94. The first-order chi connectivity index (χ1) is 15.6. The van der Waals surface area contributed by atoms with Gasteiger partial charge in [-0.05, 0) is 37.5 Å². The number of nitrogens with zero attached hydrogens (tertiary/aromatic N) is 1. The highest BCUT2D eigenvalue weighted by molar-refractivity contribution is 7.89. The molecule has 2 atom stereocenters. The second-order valence-electron chi connectivity index (χ2n) is 8.19. The zero-order chi connectivity index (χ0) is 24.6. The third-order valence-electron chi connectivity index (χ3n) is 5.08. The summed E-state index contributed by atoms with van der Waals surface area (Å²) in [5.41, 5.74) is 1.75. The molecule has 0 saturated heterocycles. The molecule has 2 aromatic carbocycles. The maximum Gasteiger partial charge on any atom is 0.328 e.